The molecule has 20 heavy (non-hydrogen) atoms. The van der Waals surface area contributed by atoms with Crippen molar-refractivity contribution < 1.29 is 14.3 Å². The molecule has 0 unspecified atom stereocenters. The molecule has 0 amide bonds. The number of carboxylic acids is 1. The maximum Gasteiger partial charge on any atom is 0.356 e. The molecule has 0 atom stereocenters. The maximum atomic E-state index is 14.0. The van der Waals surface area contributed by atoms with E-state index in [1.807, 2.05) is 6.07 Å². The largest absolute Gasteiger partial charge is 0.476 e. The number of hydrogen-bond donors (Lipinski definition) is 2. The van der Waals surface area contributed by atoms with E-state index in [4.69, 9.17) is 16.7 Å². The van der Waals surface area contributed by atoms with Gasteiger partial charge in [0.05, 0.1) is 5.02 Å². The topological polar surface area (TPSA) is 66.0 Å². The lowest BCUT2D eigenvalue weighted by atomic mass is 10.1. The van der Waals surface area contributed by atoms with Crippen molar-refractivity contribution in [3.05, 3.63) is 53.1 Å². The van der Waals surface area contributed by atoms with Crippen LogP contribution in [0.3, 0.4) is 0 Å². The molecule has 2 aromatic heterocycles. The first-order valence-corrected chi connectivity index (χ1v) is 6.11. The zero-order chi connectivity index (χ0) is 14.3. The molecule has 6 heteroatoms. The van der Waals surface area contributed by atoms with Crippen LogP contribution in [0.2, 0.25) is 5.02 Å². The molecule has 0 saturated carbocycles. The molecule has 0 fully saturated rings. The van der Waals surface area contributed by atoms with Crippen molar-refractivity contribution in [3.8, 4) is 11.3 Å². The lowest BCUT2D eigenvalue weighted by Crippen LogP contribution is -2.04. The van der Waals surface area contributed by atoms with Gasteiger partial charge in [-0.2, -0.15) is 0 Å². The maximum absolute atomic E-state index is 14.0. The second kappa shape index (κ2) is 4.61. The fourth-order valence-electron chi connectivity index (χ4n) is 2.02. The summed E-state index contributed by atoms with van der Waals surface area (Å²) < 4.78 is 14.0. The number of aromatic amines is 1. The third-order valence-electron chi connectivity index (χ3n) is 2.96. The van der Waals surface area contributed by atoms with E-state index in [1.165, 1.54) is 0 Å². The number of H-pyrrole nitrogens is 1. The van der Waals surface area contributed by atoms with Gasteiger partial charge in [0, 0.05) is 22.7 Å². The molecule has 0 spiro atoms. The molecule has 3 aromatic rings. The van der Waals surface area contributed by atoms with Gasteiger partial charge in [-0.1, -0.05) is 17.7 Å². The molecule has 4 nitrogen and oxygen atoms in total. The predicted molar refractivity (Wildman–Crippen MR) is 73.5 cm³/mol. The van der Waals surface area contributed by atoms with Crippen LogP contribution in [0.1, 0.15) is 10.5 Å². The Hall–Kier alpha value is -2.40. The van der Waals surface area contributed by atoms with Crippen molar-refractivity contribution >= 4 is 28.5 Å². The van der Waals surface area contributed by atoms with Crippen molar-refractivity contribution in [2.24, 2.45) is 0 Å². The number of halogens is 2. The van der Waals surface area contributed by atoms with Crippen molar-refractivity contribution in [1.82, 2.24) is 9.97 Å². The molecular weight excluding hydrogens is 283 g/mol. The van der Waals surface area contributed by atoms with Crippen LogP contribution in [0.5, 0.6) is 0 Å². The summed E-state index contributed by atoms with van der Waals surface area (Å²) >= 11 is 5.67. The first-order valence-electron chi connectivity index (χ1n) is 5.73. The number of hydrogen-bond acceptors (Lipinski definition) is 2. The number of fused-ring (bicyclic) bond motifs is 1. The third kappa shape index (κ3) is 2.02. The average molecular weight is 291 g/mol. The molecule has 1 aromatic carbocycles. The van der Waals surface area contributed by atoms with Crippen LogP contribution in [-0.4, -0.2) is 21.0 Å². The predicted octanol–water partition coefficient (Wildman–Crippen LogP) is 3.72. The number of nitrogens with one attached hydrogen (secondary N) is 1. The van der Waals surface area contributed by atoms with E-state index in [2.05, 4.69) is 9.97 Å². The minimum Gasteiger partial charge on any atom is -0.476 e. The highest BCUT2D eigenvalue weighted by Gasteiger charge is 2.17. The second-order valence-corrected chi connectivity index (χ2v) is 4.64. The monoisotopic (exact) mass is 290 g/mol. The fourth-order valence-corrected chi connectivity index (χ4v) is 2.24. The first-order chi connectivity index (χ1) is 9.56. The van der Waals surface area contributed by atoms with Crippen LogP contribution in [0.25, 0.3) is 22.2 Å². The Morgan fingerprint density at radius 3 is 2.85 bits per heavy atom. The van der Waals surface area contributed by atoms with E-state index in [0.29, 0.717) is 5.56 Å². The molecule has 0 radical (unpaired) electrons. The van der Waals surface area contributed by atoms with Gasteiger partial charge in [-0.3, -0.25) is 0 Å². The highest BCUT2D eigenvalue weighted by molar-refractivity contribution is 6.33. The van der Waals surface area contributed by atoms with Gasteiger partial charge >= 0.3 is 5.97 Å². The summed E-state index contributed by atoms with van der Waals surface area (Å²) in [7, 11) is 0. The van der Waals surface area contributed by atoms with E-state index >= 15 is 0 Å². The van der Waals surface area contributed by atoms with E-state index in [0.717, 1.165) is 17.0 Å². The van der Waals surface area contributed by atoms with E-state index in [-0.39, 0.29) is 16.4 Å². The smallest absolute Gasteiger partial charge is 0.356 e. The second-order valence-electron chi connectivity index (χ2n) is 4.23. The summed E-state index contributed by atoms with van der Waals surface area (Å²) in [5.74, 6) is -1.95. The number of carbonyl (C=O) groups is 1. The van der Waals surface area contributed by atoms with Gasteiger partial charge < -0.3 is 10.1 Å². The molecule has 0 aliphatic rings. The zero-order valence-electron chi connectivity index (χ0n) is 10.0. The Bertz CT molecular complexity index is 829. The van der Waals surface area contributed by atoms with Gasteiger partial charge in [-0.15, -0.1) is 0 Å². The molecule has 0 aliphatic heterocycles. The summed E-state index contributed by atoms with van der Waals surface area (Å²) in [6.07, 6.45) is 1.77. The van der Waals surface area contributed by atoms with Crippen molar-refractivity contribution in [1.29, 1.82) is 0 Å². The molecule has 2 N–H and O–H groups in total. The molecule has 0 bridgehead atoms. The minimum atomic E-state index is -1.29. The molecule has 100 valence electrons. The highest BCUT2D eigenvalue weighted by Crippen LogP contribution is 2.27. The lowest BCUT2D eigenvalue weighted by Gasteiger charge is -2.06. The summed E-state index contributed by atoms with van der Waals surface area (Å²) in [6.45, 7) is 0. The summed E-state index contributed by atoms with van der Waals surface area (Å²) in [5.41, 5.74) is 1.00. The minimum absolute atomic E-state index is 0.0325. The standard InChI is InChI=1S/C14H8ClFN2O2/c15-9-6-10(16)12(18-13(9)14(19)20)8-1-2-11-7(5-8)3-4-17-11/h1-6,17H,(H,19,20). The highest BCUT2D eigenvalue weighted by atomic mass is 35.5. The van der Waals surface area contributed by atoms with Crippen LogP contribution in [0, 0.1) is 5.82 Å². The molecule has 0 aliphatic carbocycles. The summed E-state index contributed by atoms with van der Waals surface area (Å²) in [4.78, 5) is 17.9. The van der Waals surface area contributed by atoms with E-state index in [1.54, 1.807) is 24.4 Å². The van der Waals surface area contributed by atoms with Crippen LogP contribution in [-0.2, 0) is 0 Å². The Kier molecular flexibility index (Phi) is 2.91. The molecule has 2 heterocycles. The van der Waals surface area contributed by atoms with Crippen LogP contribution < -0.4 is 0 Å². The molecule has 0 saturated heterocycles. The third-order valence-corrected chi connectivity index (χ3v) is 3.25. The number of carboxylic acid groups (broad SMARTS) is 1. The van der Waals surface area contributed by atoms with Gasteiger partial charge in [0.2, 0.25) is 0 Å². The zero-order valence-corrected chi connectivity index (χ0v) is 10.8. The fraction of sp³-hybridized carbons (Fsp3) is 0. The van der Waals surface area contributed by atoms with Crippen LogP contribution in [0.15, 0.2) is 36.5 Å². The SMILES string of the molecule is O=C(O)c1nc(-c2ccc3[nH]ccc3c2)c(F)cc1Cl. The van der Waals surface area contributed by atoms with Gasteiger partial charge in [0.1, 0.15) is 5.69 Å². The van der Waals surface area contributed by atoms with Crippen molar-refractivity contribution in [3.63, 3.8) is 0 Å². The molecule has 3 rings (SSSR count). The Morgan fingerprint density at radius 2 is 2.10 bits per heavy atom. The normalized spacial score (nSPS) is 10.9. The number of pyridine rings is 1. The number of benzene rings is 1. The summed E-state index contributed by atoms with van der Waals surface area (Å²) in [6, 6.07) is 7.99. The quantitative estimate of drug-likeness (QED) is 0.756. The number of rotatable bonds is 2. The van der Waals surface area contributed by atoms with Gasteiger partial charge in [0.15, 0.2) is 11.5 Å². The van der Waals surface area contributed by atoms with E-state index < -0.39 is 11.8 Å². The number of aromatic carboxylic acids is 1. The Morgan fingerprint density at radius 1 is 1.30 bits per heavy atom. The van der Waals surface area contributed by atoms with Crippen molar-refractivity contribution in [2.45, 2.75) is 0 Å². The van der Waals surface area contributed by atoms with E-state index in [9.17, 15) is 9.18 Å². The lowest BCUT2D eigenvalue weighted by molar-refractivity contribution is 0.0690. The van der Waals surface area contributed by atoms with Crippen LogP contribution >= 0.6 is 11.6 Å². The Labute approximate surface area is 117 Å². The van der Waals surface area contributed by atoms with Crippen LogP contribution in [0.4, 0.5) is 4.39 Å². The van der Waals surface area contributed by atoms with Crippen molar-refractivity contribution in [2.75, 3.05) is 0 Å². The number of nitrogens with zero attached hydrogens (tertiary/aromatic N) is 1. The average Bonchev–Trinajstić information content (AvgIpc) is 2.85. The molecular formula is C14H8ClFN2O2. The first kappa shape index (κ1) is 12.6. The van der Waals surface area contributed by atoms with Gasteiger partial charge in [0.25, 0.3) is 0 Å². The van der Waals surface area contributed by atoms with Gasteiger partial charge in [-0.05, 0) is 24.3 Å². The summed E-state index contributed by atoms with van der Waals surface area (Å²) in [5, 5.41) is 9.66. The number of aromatic nitrogens is 2. The van der Waals surface area contributed by atoms with Gasteiger partial charge in [-0.25, -0.2) is 14.2 Å². The Balaban J connectivity index is 2.22.